The zero-order valence-corrected chi connectivity index (χ0v) is 9.77. The first-order valence-electron chi connectivity index (χ1n) is 5.61. The van der Waals surface area contributed by atoms with Crippen molar-refractivity contribution in [3.05, 3.63) is 0 Å². The Balaban J connectivity index is 2.62. The number of carbonyl (C=O) groups excluding carboxylic acids is 1. The summed E-state index contributed by atoms with van der Waals surface area (Å²) in [7, 11) is 0. The molecule has 1 amide bonds. The van der Waals surface area contributed by atoms with Crippen LogP contribution in [-0.2, 0) is 9.53 Å². The van der Waals surface area contributed by atoms with Crippen molar-refractivity contribution in [2.75, 3.05) is 19.8 Å². The predicted molar refractivity (Wildman–Crippen MR) is 57.5 cm³/mol. The van der Waals surface area contributed by atoms with E-state index in [0.717, 1.165) is 6.42 Å². The maximum atomic E-state index is 12.1. The minimum atomic E-state index is -0.307. The maximum Gasteiger partial charge on any atom is 0.252 e. The second-order valence-electron chi connectivity index (χ2n) is 4.41. The standard InChI is InChI=1S/C11H21NO3/c1-8(2)12(5-6-13)11(14)10-9(3)4-7-15-10/h8-10,13H,4-7H2,1-3H3. The van der Waals surface area contributed by atoms with Gasteiger partial charge in [0.15, 0.2) is 0 Å². The number of aliphatic hydroxyl groups excluding tert-OH is 1. The molecule has 1 rings (SSSR count). The van der Waals surface area contributed by atoms with Crippen LogP contribution in [0.25, 0.3) is 0 Å². The number of carbonyl (C=O) groups is 1. The Morgan fingerprint density at radius 2 is 2.27 bits per heavy atom. The molecule has 0 aliphatic carbocycles. The molecule has 2 atom stereocenters. The fourth-order valence-corrected chi connectivity index (χ4v) is 1.91. The van der Waals surface area contributed by atoms with Crippen molar-refractivity contribution < 1.29 is 14.6 Å². The van der Waals surface area contributed by atoms with Gasteiger partial charge < -0.3 is 14.7 Å². The Bertz CT molecular complexity index is 218. The molecular weight excluding hydrogens is 194 g/mol. The van der Waals surface area contributed by atoms with E-state index in [1.54, 1.807) is 4.90 Å². The Morgan fingerprint density at radius 3 is 2.67 bits per heavy atom. The molecule has 0 bridgehead atoms. The van der Waals surface area contributed by atoms with Crippen molar-refractivity contribution in [3.8, 4) is 0 Å². The Kier molecular flexibility index (Phi) is 4.54. The van der Waals surface area contributed by atoms with Crippen LogP contribution in [0.4, 0.5) is 0 Å². The van der Waals surface area contributed by atoms with E-state index >= 15 is 0 Å². The molecule has 0 spiro atoms. The first kappa shape index (κ1) is 12.5. The molecule has 1 aliphatic rings. The van der Waals surface area contributed by atoms with Gasteiger partial charge in [0.2, 0.25) is 0 Å². The zero-order chi connectivity index (χ0) is 11.4. The molecule has 1 aliphatic heterocycles. The highest BCUT2D eigenvalue weighted by molar-refractivity contribution is 5.81. The molecule has 4 nitrogen and oxygen atoms in total. The number of aliphatic hydroxyl groups is 1. The Labute approximate surface area is 91.2 Å². The highest BCUT2D eigenvalue weighted by atomic mass is 16.5. The van der Waals surface area contributed by atoms with Gasteiger partial charge in [-0.2, -0.15) is 0 Å². The number of hydrogen-bond acceptors (Lipinski definition) is 3. The van der Waals surface area contributed by atoms with Crippen LogP contribution in [0.2, 0.25) is 0 Å². The van der Waals surface area contributed by atoms with Crippen LogP contribution in [0.3, 0.4) is 0 Å². The first-order chi connectivity index (χ1) is 7.07. The molecule has 15 heavy (non-hydrogen) atoms. The summed E-state index contributed by atoms with van der Waals surface area (Å²) >= 11 is 0. The van der Waals surface area contributed by atoms with Crippen molar-refractivity contribution in [3.63, 3.8) is 0 Å². The quantitative estimate of drug-likeness (QED) is 0.748. The van der Waals surface area contributed by atoms with E-state index in [9.17, 15) is 4.79 Å². The summed E-state index contributed by atoms with van der Waals surface area (Å²) < 4.78 is 5.43. The molecule has 0 aromatic heterocycles. The monoisotopic (exact) mass is 215 g/mol. The second kappa shape index (κ2) is 5.47. The summed E-state index contributed by atoms with van der Waals surface area (Å²) in [6.07, 6.45) is 0.639. The zero-order valence-electron chi connectivity index (χ0n) is 9.77. The van der Waals surface area contributed by atoms with E-state index in [4.69, 9.17) is 9.84 Å². The first-order valence-corrected chi connectivity index (χ1v) is 5.61. The van der Waals surface area contributed by atoms with Gasteiger partial charge in [-0.1, -0.05) is 6.92 Å². The van der Waals surface area contributed by atoms with Crippen LogP contribution >= 0.6 is 0 Å². The number of hydrogen-bond donors (Lipinski definition) is 1. The van der Waals surface area contributed by atoms with E-state index in [1.807, 2.05) is 20.8 Å². The smallest absolute Gasteiger partial charge is 0.252 e. The van der Waals surface area contributed by atoms with Crippen molar-refractivity contribution in [1.82, 2.24) is 4.90 Å². The molecule has 2 unspecified atom stereocenters. The fraction of sp³-hybridized carbons (Fsp3) is 0.909. The summed E-state index contributed by atoms with van der Waals surface area (Å²) in [6, 6.07) is 0.112. The van der Waals surface area contributed by atoms with Crippen molar-refractivity contribution in [2.45, 2.75) is 39.3 Å². The molecule has 1 heterocycles. The molecule has 0 radical (unpaired) electrons. The lowest BCUT2D eigenvalue weighted by Gasteiger charge is -2.29. The topological polar surface area (TPSA) is 49.8 Å². The van der Waals surface area contributed by atoms with Gasteiger partial charge in [0.1, 0.15) is 6.10 Å². The summed E-state index contributed by atoms with van der Waals surface area (Å²) in [5.74, 6) is 0.307. The van der Waals surface area contributed by atoms with Crippen LogP contribution in [0.5, 0.6) is 0 Å². The highest BCUT2D eigenvalue weighted by Gasteiger charge is 2.34. The van der Waals surface area contributed by atoms with Crippen LogP contribution in [-0.4, -0.2) is 47.8 Å². The van der Waals surface area contributed by atoms with Crippen LogP contribution in [0.1, 0.15) is 27.2 Å². The maximum absolute atomic E-state index is 12.1. The molecule has 0 aromatic carbocycles. The van der Waals surface area contributed by atoms with Gasteiger partial charge in [-0.15, -0.1) is 0 Å². The lowest BCUT2D eigenvalue weighted by Crippen LogP contribution is -2.46. The van der Waals surface area contributed by atoms with Crippen molar-refractivity contribution >= 4 is 5.91 Å². The molecule has 4 heteroatoms. The molecular formula is C11H21NO3. The SMILES string of the molecule is CC1CCOC1C(=O)N(CCO)C(C)C. The van der Waals surface area contributed by atoms with Gasteiger partial charge in [-0.25, -0.2) is 0 Å². The number of rotatable bonds is 4. The molecule has 1 saturated heterocycles. The van der Waals surface area contributed by atoms with Crippen LogP contribution in [0, 0.1) is 5.92 Å². The van der Waals surface area contributed by atoms with E-state index in [0.29, 0.717) is 13.2 Å². The van der Waals surface area contributed by atoms with Gasteiger partial charge in [-0.05, 0) is 26.2 Å². The highest BCUT2D eigenvalue weighted by Crippen LogP contribution is 2.22. The molecule has 1 fully saturated rings. The summed E-state index contributed by atoms with van der Waals surface area (Å²) in [5.41, 5.74) is 0. The largest absolute Gasteiger partial charge is 0.395 e. The number of nitrogens with zero attached hydrogens (tertiary/aromatic N) is 1. The minimum Gasteiger partial charge on any atom is -0.395 e. The third-order valence-electron chi connectivity index (χ3n) is 2.88. The average Bonchev–Trinajstić information content (AvgIpc) is 2.59. The van der Waals surface area contributed by atoms with E-state index in [1.165, 1.54) is 0 Å². The van der Waals surface area contributed by atoms with Crippen molar-refractivity contribution in [2.24, 2.45) is 5.92 Å². The lowest BCUT2D eigenvalue weighted by molar-refractivity contribution is -0.144. The Hall–Kier alpha value is -0.610. The molecule has 0 saturated carbocycles. The second-order valence-corrected chi connectivity index (χ2v) is 4.41. The van der Waals surface area contributed by atoms with Gasteiger partial charge in [0.25, 0.3) is 5.91 Å². The predicted octanol–water partition coefficient (Wildman–Crippen LogP) is 0.641. The van der Waals surface area contributed by atoms with Gasteiger partial charge in [-0.3, -0.25) is 4.79 Å². The third kappa shape index (κ3) is 2.92. The van der Waals surface area contributed by atoms with Crippen molar-refractivity contribution in [1.29, 1.82) is 0 Å². The van der Waals surface area contributed by atoms with Crippen LogP contribution < -0.4 is 0 Å². The number of amides is 1. The Morgan fingerprint density at radius 1 is 1.60 bits per heavy atom. The van der Waals surface area contributed by atoms with Gasteiger partial charge in [0, 0.05) is 19.2 Å². The normalized spacial score (nSPS) is 25.9. The molecule has 0 aromatic rings. The minimum absolute atomic E-state index is 0.00498. The summed E-state index contributed by atoms with van der Waals surface area (Å²) in [5, 5.41) is 8.91. The van der Waals surface area contributed by atoms with Gasteiger partial charge >= 0.3 is 0 Å². The summed E-state index contributed by atoms with van der Waals surface area (Å²) in [4.78, 5) is 13.8. The molecule has 1 N–H and O–H groups in total. The molecule has 88 valence electrons. The van der Waals surface area contributed by atoms with E-state index < -0.39 is 0 Å². The van der Waals surface area contributed by atoms with E-state index in [2.05, 4.69) is 0 Å². The van der Waals surface area contributed by atoms with E-state index in [-0.39, 0.29) is 30.6 Å². The average molecular weight is 215 g/mol. The number of ether oxygens (including phenoxy) is 1. The van der Waals surface area contributed by atoms with Gasteiger partial charge in [0.05, 0.1) is 6.61 Å². The fourth-order valence-electron chi connectivity index (χ4n) is 1.91. The summed E-state index contributed by atoms with van der Waals surface area (Å²) in [6.45, 7) is 7.00. The lowest BCUT2D eigenvalue weighted by atomic mass is 10.0. The third-order valence-corrected chi connectivity index (χ3v) is 2.88. The van der Waals surface area contributed by atoms with Crippen LogP contribution in [0.15, 0.2) is 0 Å².